The van der Waals surface area contributed by atoms with E-state index in [9.17, 15) is 4.79 Å². The molecule has 3 aliphatic carbocycles. The number of carbonyl (C=O) groups is 1. The van der Waals surface area contributed by atoms with E-state index in [0.717, 1.165) is 24.9 Å². The van der Waals surface area contributed by atoms with Gasteiger partial charge in [0.05, 0.1) is 5.92 Å². The van der Waals surface area contributed by atoms with Gasteiger partial charge in [0.2, 0.25) is 5.91 Å². The van der Waals surface area contributed by atoms with Crippen LogP contribution in [0.15, 0.2) is 0 Å². The third-order valence-electron chi connectivity index (χ3n) is 6.55. The van der Waals surface area contributed by atoms with Gasteiger partial charge in [0.25, 0.3) is 0 Å². The largest absolute Gasteiger partial charge is 0.342 e. The standard InChI is InChI=1S/C16H26N2O/c17-15-11-6-5-10(7-11)14(15)16(19)18-8-12-3-1-2-4-13(12)9-18/h10-15H,1-9,17H2. The number of fused-ring (bicyclic) bond motifs is 3. The Bertz CT molecular complexity index is 367. The molecular weight excluding hydrogens is 236 g/mol. The summed E-state index contributed by atoms with van der Waals surface area (Å²) in [5, 5.41) is 0. The summed E-state index contributed by atoms with van der Waals surface area (Å²) in [6, 6.07) is 0.161. The lowest BCUT2D eigenvalue weighted by Gasteiger charge is -2.30. The summed E-state index contributed by atoms with van der Waals surface area (Å²) in [6.07, 6.45) is 9.16. The molecule has 1 heterocycles. The molecule has 3 heteroatoms. The van der Waals surface area contributed by atoms with Gasteiger partial charge in [0.1, 0.15) is 0 Å². The smallest absolute Gasteiger partial charge is 0.227 e. The Balaban J connectivity index is 1.46. The maximum Gasteiger partial charge on any atom is 0.227 e. The van der Waals surface area contributed by atoms with E-state index in [1.807, 2.05) is 0 Å². The highest BCUT2D eigenvalue weighted by Crippen LogP contribution is 2.49. The highest BCUT2D eigenvalue weighted by Gasteiger charge is 2.51. The van der Waals surface area contributed by atoms with Crippen molar-refractivity contribution in [1.29, 1.82) is 0 Å². The topological polar surface area (TPSA) is 46.3 Å². The normalized spacial score (nSPS) is 48.6. The van der Waals surface area contributed by atoms with Crippen molar-refractivity contribution in [2.75, 3.05) is 13.1 Å². The van der Waals surface area contributed by atoms with E-state index >= 15 is 0 Å². The number of hydrogen-bond acceptors (Lipinski definition) is 2. The molecule has 6 atom stereocenters. The average molecular weight is 262 g/mol. The fourth-order valence-electron chi connectivity index (χ4n) is 5.50. The van der Waals surface area contributed by atoms with E-state index in [4.69, 9.17) is 5.73 Å². The summed E-state index contributed by atoms with van der Waals surface area (Å²) in [6.45, 7) is 2.06. The van der Waals surface area contributed by atoms with Crippen molar-refractivity contribution in [3.05, 3.63) is 0 Å². The average Bonchev–Trinajstić information content (AvgIpc) is 3.11. The van der Waals surface area contributed by atoms with Gasteiger partial charge in [-0.2, -0.15) is 0 Å². The molecule has 2 N–H and O–H groups in total. The SMILES string of the molecule is NC1C2CCC(C2)C1C(=O)N1CC2CCCCC2C1. The van der Waals surface area contributed by atoms with Crippen LogP contribution in [-0.2, 0) is 4.79 Å². The molecule has 4 aliphatic rings. The molecule has 0 radical (unpaired) electrons. The van der Waals surface area contributed by atoms with Crippen LogP contribution in [-0.4, -0.2) is 29.9 Å². The first-order chi connectivity index (χ1) is 9.24. The molecule has 1 saturated heterocycles. The molecule has 0 aromatic heterocycles. The highest BCUT2D eigenvalue weighted by atomic mass is 16.2. The van der Waals surface area contributed by atoms with Gasteiger partial charge in [-0.1, -0.05) is 12.8 Å². The second kappa shape index (κ2) is 4.47. The quantitative estimate of drug-likeness (QED) is 0.785. The number of amides is 1. The van der Waals surface area contributed by atoms with E-state index in [1.165, 1.54) is 44.9 Å². The Kier molecular flexibility index (Phi) is 2.87. The number of carbonyl (C=O) groups excluding carboxylic acids is 1. The molecule has 2 bridgehead atoms. The van der Waals surface area contributed by atoms with Crippen LogP contribution >= 0.6 is 0 Å². The summed E-state index contributed by atoms with van der Waals surface area (Å²) >= 11 is 0. The minimum atomic E-state index is 0.161. The van der Waals surface area contributed by atoms with Crippen molar-refractivity contribution >= 4 is 5.91 Å². The van der Waals surface area contributed by atoms with Crippen LogP contribution in [0.3, 0.4) is 0 Å². The van der Waals surface area contributed by atoms with Gasteiger partial charge in [-0.3, -0.25) is 4.79 Å². The lowest BCUT2D eigenvalue weighted by molar-refractivity contribution is -0.136. The van der Waals surface area contributed by atoms with E-state index in [-0.39, 0.29) is 12.0 Å². The van der Waals surface area contributed by atoms with Crippen molar-refractivity contribution in [1.82, 2.24) is 4.90 Å². The van der Waals surface area contributed by atoms with E-state index in [0.29, 0.717) is 17.7 Å². The van der Waals surface area contributed by atoms with Gasteiger partial charge in [-0.15, -0.1) is 0 Å². The van der Waals surface area contributed by atoms with Gasteiger partial charge >= 0.3 is 0 Å². The molecule has 0 aromatic carbocycles. The fourth-order valence-corrected chi connectivity index (χ4v) is 5.50. The minimum absolute atomic E-state index is 0.161. The Hall–Kier alpha value is -0.570. The third-order valence-corrected chi connectivity index (χ3v) is 6.55. The Labute approximate surface area is 115 Å². The zero-order valence-electron chi connectivity index (χ0n) is 11.8. The summed E-state index contributed by atoms with van der Waals surface area (Å²) < 4.78 is 0. The zero-order valence-corrected chi connectivity index (χ0v) is 11.8. The molecular formula is C16H26N2O. The van der Waals surface area contributed by atoms with Crippen LogP contribution in [0.2, 0.25) is 0 Å². The van der Waals surface area contributed by atoms with E-state index < -0.39 is 0 Å². The van der Waals surface area contributed by atoms with Crippen LogP contribution in [0.5, 0.6) is 0 Å². The van der Waals surface area contributed by atoms with Crippen molar-refractivity contribution < 1.29 is 4.79 Å². The monoisotopic (exact) mass is 262 g/mol. The lowest BCUT2D eigenvalue weighted by atomic mass is 9.82. The molecule has 4 rings (SSSR count). The van der Waals surface area contributed by atoms with Crippen molar-refractivity contribution in [2.45, 2.75) is 51.0 Å². The van der Waals surface area contributed by atoms with E-state index in [1.54, 1.807) is 0 Å². The van der Waals surface area contributed by atoms with E-state index in [2.05, 4.69) is 4.90 Å². The van der Waals surface area contributed by atoms with Crippen LogP contribution in [0, 0.1) is 29.6 Å². The molecule has 0 aromatic rings. The predicted octanol–water partition coefficient (Wildman–Crippen LogP) is 2.01. The summed E-state index contributed by atoms with van der Waals surface area (Å²) in [4.78, 5) is 15.0. The first-order valence-corrected chi connectivity index (χ1v) is 8.28. The first kappa shape index (κ1) is 12.2. The molecule has 1 aliphatic heterocycles. The van der Waals surface area contributed by atoms with Gasteiger partial charge in [-0.25, -0.2) is 0 Å². The lowest BCUT2D eigenvalue weighted by Crippen LogP contribution is -2.46. The predicted molar refractivity (Wildman–Crippen MR) is 74.3 cm³/mol. The third kappa shape index (κ3) is 1.84. The Morgan fingerprint density at radius 1 is 0.895 bits per heavy atom. The van der Waals surface area contributed by atoms with Gasteiger partial charge in [0.15, 0.2) is 0 Å². The molecule has 1 amide bonds. The number of nitrogens with two attached hydrogens (primary N) is 1. The second-order valence-electron chi connectivity index (χ2n) is 7.48. The highest BCUT2D eigenvalue weighted by molar-refractivity contribution is 5.81. The van der Waals surface area contributed by atoms with Crippen molar-refractivity contribution in [3.63, 3.8) is 0 Å². The molecule has 19 heavy (non-hydrogen) atoms. The molecule has 4 fully saturated rings. The maximum absolute atomic E-state index is 12.8. The molecule has 0 spiro atoms. The Morgan fingerprint density at radius 3 is 2.11 bits per heavy atom. The number of rotatable bonds is 1. The Morgan fingerprint density at radius 2 is 1.53 bits per heavy atom. The zero-order chi connectivity index (χ0) is 13.0. The number of nitrogens with zero attached hydrogens (tertiary/aromatic N) is 1. The fraction of sp³-hybridized carbons (Fsp3) is 0.938. The molecule has 6 unspecified atom stereocenters. The number of likely N-dealkylation sites (tertiary alicyclic amines) is 1. The van der Waals surface area contributed by atoms with Crippen molar-refractivity contribution in [2.24, 2.45) is 35.3 Å². The first-order valence-electron chi connectivity index (χ1n) is 8.28. The summed E-state index contributed by atoms with van der Waals surface area (Å²) in [5.74, 6) is 3.42. The summed E-state index contributed by atoms with van der Waals surface area (Å²) in [7, 11) is 0. The van der Waals surface area contributed by atoms with Gasteiger partial charge in [0, 0.05) is 19.1 Å². The maximum atomic E-state index is 12.8. The van der Waals surface area contributed by atoms with Crippen LogP contribution in [0.1, 0.15) is 44.9 Å². The molecule has 3 nitrogen and oxygen atoms in total. The van der Waals surface area contributed by atoms with Crippen molar-refractivity contribution in [3.8, 4) is 0 Å². The molecule has 3 saturated carbocycles. The van der Waals surface area contributed by atoms with Crippen LogP contribution < -0.4 is 5.73 Å². The number of hydrogen-bond donors (Lipinski definition) is 1. The van der Waals surface area contributed by atoms with Gasteiger partial charge < -0.3 is 10.6 Å². The molecule has 106 valence electrons. The summed E-state index contributed by atoms with van der Waals surface area (Å²) in [5.41, 5.74) is 6.33. The van der Waals surface area contributed by atoms with Crippen LogP contribution in [0.4, 0.5) is 0 Å². The van der Waals surface area contributed by atoms with Crippen LogP contribution in [0.25, 0.3) is 0 Å². The van der Waals surface area contributed by atoms with Gasteiger partial charge in [-0.05, 0) is 55.8 Å². The minimum Gasteiger partial charge on any atom is -0.342 e. The second-order valence-corrected chi connectivity index (χ2v) is 7.48.